The van der Waals surface area contributed by atoms with Crippen LogP contribution in [0.5, 0.6) is 0 Å². The Kier molecular flexibility index (Phi) is 6.68. The molecule has 0 spiro atoms. The number of carbonyl (C=O) groups is 2. The van der Waals surface area contributed by atoms with Crippen molar-refractivity contribution in [2.75, 3.05) is 30.3 Å². The molecule has 5 rings (SSSR count). The Bertz CT molecular complexity index is 1210. The highest BCUT2D eigenvalue weighted by Crippen LogP contribution is 2.38. The highest BCUT2D eigenvalue weighted by molar-refractivity contribution is 8.00. The van der Waals surface area contributed by atoms with Gasteiger partial charge in [0.2, 0.25) is 21.8 Å². The number of anilines is 1. The molecular weight excluding hydrogens is 470 g/mol. The minimum absolute atomic E-state index is 0.0722. The highest BCUT2D eigenvalue weighted by Gasteiger charge is 2.32. The summed E-state index contributed by atoms with van der Waals surface area (Å²) in [5.41, 5.74) is 2.89. The molecular formula is C25H29N3O4S2. The molecule has 2 aliphatic heterocycles. The Morgan fingerprint density at radius 2 is 1.85 bits per heavy atom. The van der Waals surface area contributed by atoms with Gasteiger partial charge < -0.3 is 10.2 Å². The van der Waals surface area contributed by atoms with Gasteiger partial charge in [0.1, 0.15) is 6.54 Å². The Hall–Kier alpha value is -2.36. The third-order valence-electron chi connectivity index (χ3n) is 6.83. The summed E-state index contributed by atoms with van der Waals surface area (Å²) in [7, 11) is -3.64. The number of hydrogen-bond donors (Lipinski definition) is 1. The molecule has 0 radical (unpaired) electrons. The summed E-state index contributed by atoms with van der Waals surface area (Å²) in [6, 6.07) is 13.0. The molecule has 2 aromatic carbocycles. The molecule has 2 heterocycles. The van der Waals surface area contributed by atoms with E-state index in [-0.39, 0.29) is 35.0 Å². The predicted molar refractivity (Wildman–Crippen MR) is 132 cm³/mol. The number of piperidine rings is 1. The molecule has 7 nitrogen and oxygen atoms in total. The number of sulfonamides is 1. The van der Waals surface area contributed by atoms with E-state index in [1.807, 2.05) is 12.1 Å². The van der Waals surface area contributed by atoms with Crippen LogP contribution < -0.4 is 10.2 Å². The average molecular weight is 500 g/mol. The largest absolute Gasteiger partial charge is 0.348 e. The Labute approximate surface area is 204 Å². The van der Waals surface area contributed by atoms with Crippen LogP contribution in [-0.2, 0) is 26.0 Å². The summed E-state index contributed by atoms with van der Waals surface area (Å²) in [5.74, 6) is -0.202. The molecule has 180 valence electrons. The minimum Gasteiger partial charge on any atom is -0.348 e. The van der Waals surface area contributed by atoms with E-state index in [9.17, 15) is 18.0 Å². The van der Waals surface area contributed by atoms with Gasteiger partial charge in [-0.15, -0.1) is 11.8 Å². The van der Waals surface area contributed by atoms with E-state index in [0.717, 1.165) is 49.0 Å². The van der Waals surface area contributed by atoms with Crippen LogP contribution in [0.25, 0.3) is 0 Å². The zero-order chi connectivity index (χ0) is 23.7. The molecule has 2 aromatic rings. The fourth-order valence-corrected chi connectivity index (χ4v) is 7.51. The predicted octanol–water partition coefficient (Wildman–Crippen LogP) is 3.49. The number of aryl methyl sites for hydroxylation is 1. The summed E-state index contributed by atoms with van der Waals surface area (Å²) >= 11 is 1.38. The van der Waals surface area contributed by atoms with Crippen LogP contribution in [0.3, 0.4) is 0 Å². The quantitative estimate of drug-likeness (QED) is 0.681. The lowest BCUT2D eigenvalue weighted by molar-refractivity contribution is -0.123. The fourth-order valence-electron chi connectivity index (χ4n) is 5.06. The zero-order valence-corrected chi connectivity index (χ0v) is 20.7. The van der Waals surface area contributed by atoms with Crippen LogP contribution in [0, 0.1) is 0 Å². The second kappa shape index (κ2) is 9.71. The zero-order valence-electron chi connectivity index (χ0n) is 19.0. The van der Waals surface area contributed by atoms with Crippen molar-refractivity contribution in [1.29, 1.82) is 0 Å². The topological polar surface area (TPSA) is 86.8 Å². The van der Waals surface area contributed by atoms with E-state index in [1.54, 1.807) is 18.2 Å². The van der Waals surface area contributed by atoms with Crippen molar-refractivity contribution in [2.45, 2.75) is 54.4 Å². The average Bonchev–Trinajstić information content (AvgIpc) is 2.86. The first-order chi connectivity index (χ1) is 16.4. The van der Waals surface area contributed by atoms with Crippen LogP contribution in [-0.4, -0.2) is 49.9 Å². The van der Waals surface area contributed by atoms with Crippen molar-refractivity contribution in [2.24, 2.45) is 0 Å². The number of amides is 2. The first kappa shape index (κ1) is 23.4. The molecule has 34 heavy (non-hydrogen) atoms. The standard InChI is InChI=1S/C25H29N3O4S2/c29-24(26-21-10-6-8-18-7-2-3-9-20(18)21)16-28-22-15-19(11-12-23(22)33-17-25(28)30)34(31,32)27-13-4-1-5-14-27/h2-3,7,9,11-12,15,21H,1,4-6,8,10,13-14,16-17H2,(H,26,29)/t21-/m1/s1. The summed E-state index contributed by atoms with van der Waals surface area (Å²) in [6.45, 7) is 0.905. The maximum atomic E-state index is 13.2. The number of rotatable bonds is 5. The second-order valence-corrected chi connectivity index (χ2v) is 12.0. The van der Waals surface area contributed by atoms with Gasteiger partial charge in [-0.2, -0.15) is 4.31 Å². The fraction of sp³-hybridized carbons (Fsp3) is 0.440. The molecule has 0 bridgehead atoms. The lowest BCUT2D eigenvalue weighted by Gasteiger charge is -2.31. The molecule has 0 aromatic heterocycles. The van der Waals surface area contributed by atoms with Crippen LogP contribution in [0.1, 0.15) is 49.3 Å². The van der Waals surface area contributed by atoms with E-state index < -0.39 is 10.0 Å². The number of fused-ring (bicyclic) bond motifs is 2. The van der Waals surface area contributed by atoms with Gasteiger partial charge in [0.05, 0.1) is 22.4 Å². The molecule has 1 N–H and O–H groups in total. The van der Waals surface area contributed by atoms with Crippen LogP contribution in [0.4, 0.5) is 5.69 Å². The van der Waals surface area contributed by atoms with E-state index in [4.69, 9.17) is 0 Å². The lowest BCUT2D eigenvalue weighted by atomic mass is 9.88. The van der Waals surface area contributed by atoms with Crippen LogP contribution >= 0.6 is 11.8 Å². The van der Waals surface area contributed by atoms with Crippen LogP contribution in [0.2, 0.25) is 0 Å². The van der Waals surface area contributed by atoms with E-state index in [2.05, 4.69) is 17.4 Å². The molecule has 9 heteroatoms. The monoisotopic (exact) mass is 499 g/mol. The van der Waals surface area contributed by atoms with E-state index in [0.29, 0.717) is 18.8 Å². The van der Waals surface area contributed by atoms with Crippen molar-refractivity contribution in [3.05, 3.63) is 53.6 Å². The van der Waals surface area contributed by atoms with Crippen molar-refractivity contribution >= 4 is 39.3 Å². The summed E-state index contributed by atoms with van der Waals surface area (Å²) in [4.78, 5) is 28.3. The van der Waals surface area contributed by atoms with Gasteiger partial charge in [-0.25, -0.2) is 8.42 Å². The normalized spacial score (nSPS) is 21.0. The van der Waals surface area contributed by atoms with Crippen molar-refractivity contribution < 1.29 is 18.0 Å². The Morgan fingerprint density at radius 3 is 2.68 bits per heavy atom. The molecule has 0 unspecified atom stereocenters. The number of carbonyl (C=O) groups excluding carboxylic acids is 2. The van der Waals surface area contributed by atoms with Gasteiger partial charge in [0.25, 0.3) is 0 Å². The summed E-state index contributed by atoms with van der Waals surface area (Å²) in [6.07, 6.45) is 5.62. The van der Waals surface area contributed by atoms with Crippen molar-refractivity contribution in [3.8, 4) is 0 Å². The summed E-state index contributed by atoms with van der Waals surface area (Å²) in [5, 5.41) is 3.10. The third-order valence-corrected chi connectivity index (χ3v) is 9.77. The highest BCUT2D eigenvalue weighted by atomic mass is 32.2. The maximum Gasteiger partial charge on any atom is 0.243 e. The van der Waals surface area contributed by atoms with Gasteiger partial charge in [-0.05, 0) is 61.4 Å². The first-order valence-corrected chi connectivity index (χ1v) is 14.3. The van der Waals surface area contributed by atoms with Gasteiger partial charge in [-0.1, -0.05) is 30.7 Å². The third kappa shape index (κ3) is 4.61. The molecule has 2 amide bonds. The number of hydrogen-bond acceptors (Lipinski definition) is 5. The van der Waals surface area contributed by atoms with Crippen LogP contribution in [0.15, 0.2) is 52.3 Å². The Morgan fingerprint density at radius 1 is 1.06 bits per heavy atom. The molecule has 1 aliphatic carbocycles. The first-order valence-electron chi connectivity index (χ1n) is 11.9. The maximum absolute atomic E-state index is 13.2. The molecule has 3 aliphatic rings. The smallest absolute Gasteiger partial charge is 0.243 e. The molecule has 1 fully saturated rings. The Balaban J connectivity index is 1.37. The van der Waals surface area contributed by atoms with Crippen molar-refractivity contribution in [1.82, 2.24) is 9.62 Å². The van der Waals surface area contributed by atoms with Gasteiger partial charge in [-0.3, -0.25) is 9.59 Å². The molecule has 1 saturated heterocycles. The lowest BCUT2D eigenvalue weighted by Crippen LogP contribution is -2.44. The molecule has 0 saturated carbocycles. The van der Waals surface area contributed by atoms with E-state index >= 15 is 0 Å². The number of nitrogens with one attached hydrogen (secondary N) is 1. The second-order valence-electron chi connectivity index (χ2n) is 9.07. The van der Waals surface area contributed by atoms with Gasteiger partial charge in [0.15, 0.2) is 0 Å². The molecule has 1 atom stereocenters. The van der Waals surface area contributed by atoms with Gasteiger partial charge in [0, 0.05) is 18.0 Å². The number of benzene rings is 2. The SMILES string of the molecule is O=C(CN1C(=O)CSc2ccc(S(=O)(=O)N3CCCCC3)cc21)N[C@@H]1CCCc2ccccc21. The van der Waals surface area contributed by atoms with E-state index in [1.165, 1.54) is 26.5 Å². The minimum atomic E-state index is -3.64. The number of thioether (sulfide) groups is 1. The number of nitrogens with zero attached hydrogens (tertiary/aromatic N) is 2. The van der Waals surface area contributed by atoms with Gasteiger partial charge >= 0.3 is 0 Å². The summed E-state index contributed by atoms with van der Waals surface area (Å²) < 4.78 is 27.9. The van der Waals surface area contributed by atoms with Crippen molar-refractivity contribution in [3.63, 3.8) is 0 Å².